The Morgan fingerprint density at radius 1 is 1.35 bits per heavy atom. The van der Waals surface area contributed by atoms with Crippen molar-refractivity contribution < 1.29 is 17.9 Å². The third-order valence-corrected chi connectivity index (χ3v) is 4.14. The lowest BCUT2D eigenvalue weighted by Gasteiger charge is -2.41. The molecule has 2 rings (SSSR count). The van der Waals surface area contributed by atoms with Gasteiger partial charge in [-0.3, -0.25) is 0 Å². The summed E-state index contributed by atoms with van der Waals surface area (Å²) >= 11 is 0. The van der Waals surface area contributed by atoms with E-state index in [-0.39, 0.29) is 11.6 Å². The Morgan fingerprint density at radius 3 is 2.55 bits per heavy atom. The van der Waals surface area contributed by atoms with Crippen LogP contribution in [0.1, 0.15) is 43.4 Å². The Bertz CT molecular complexity index is 449. The highest BCUT2D eigenvalue weighted by Gasteiger charge is 2.37. The van der Waals surface area contributed by atoms with Gasteiger partial charge in [0.1, 0.15) is 0 Å². The quantitative estimate of drug-likeness (QED) is 0.886. The molecular weight excluding hydrogens is 267 g/mol. The zero-order chi connectivity index (χ0) is 14.8. The molecule has 1 unspecified atom stereocenters. The van der Waals surface area contributed by atoms with Gasteiger partial charge in [-0.25, -0.2) is 0 Å². The zero-order valence-electron chi connectivity index (χ0n) is 11.8. The molecule has 1 saturated carbocycles. The lowest BCUT2D eigenvalue weighted by molar-refractivity contribution is -0.137. The lowest BCUT2D eigenvalue weighted by Crippen LogP contribution is -2.48. The summed E-state index contributed by atoms with van der Waals surface area (Å²) in [6.07, 6.45) is -1.14. The van der Waals surface area contributed by atoms with Gasteiger partial charge in [-0.15, -0.1) is 0 Å². The molecule has 2 nitrogen and oxygen atoms in total. The minimum Gasteiger partial charge on any atom is -0.377 e. The molecule has 1 aliphatic carbocycles. The molecule has 1 aromatic carbocycles. The number of nitrogens with one attached hydrogen (secondary N) is 1. The summed E-state index contributed by atoms with van der Waals surface area (Å²) < 4.78 is 43.5. The first-order valence-corrected chi connectivity index (χ1v) is 6.82. The van der Waals surface area contributed by atoms with Gasteiger partial charge in [0.25, 0.3) is 0 Å². The average molecular weight is 287 g/mol. The zero-order valence-corrected chi connectivity index (χ0v) is 11.8. The first-order valence-electron chi connectivity index (χ1n) is 6.82. The van der Waals surface area contributed by atoms with Gasteiger partial charge in [-0.1, -0.05) is 12.1 Å². The van der Waals surface area contributed by atoms with E-state index in [9.17, 15) is 13.2 Å². The molecule has 0 amide bonds. The van der Waals surface area contributed by atoms with Crippen LogP contribution in [0.15, 0.2) is 24.3 Å². The minimum atomic E-state index is -4.29. The number of rotatable bonds is 5. The van der Waals surface area contributed by atoms with Crippen molar-refractivity contribution >= 4 is 0 Å². The predicted molar refractivity (Wildman–Crippen MR) is 71.5 cm³/mol. The summed E-state index contributed by atoms with van der Waals surface area (Å²) in [5.74, 6) is 0. The Balaban J connectivity index is 2.00. The van der Waals surface area contributed by atoms with Gasteiger partial charge in [0.2, 0.25) is 0 Å². The van der Waals surface area contributed by atoms with Crippen LogP contribution in [-0.4, -0.2) is 19.3 Å². The molecule has 0 bridgehead atoms. The lowest BCUT2D eigenvalue weighted by atomic mass is 9.80. The summed E-state index contributed by atoms with van der Waals surface area (Å²) in [5, 5.41) is 3.28. The van der Waals surface area contributed by atoms with Gasteiger partial charge in [0.05, 0.1) is 11.2 Å². The number of benzene rings is 1. The first-order chi connectivity index (χ1) is 9.36. The smallest absolute Gasteiger partial charge is 0.377 e. The van der Waals surface area contributed by atoms with Crippen LogP contribution < -0.4 is 5.32 Å². The number of ether oxygens (including phenoxy) is 1. The van der Waals surface area contributed by atoms with Crippen molar-refractivity contribution in [3.63, 3.8) is 0 Å². The third-order valence-electron chi connectivity index (χ3n) is 4.14. The monoisotopic (exact) mass is 287 g/mol. The summed E-state index contributed by atoms with van der Waals surface area (Å²) in [6, 6.07) is 5.33. The van der Waals surface area contributed by atoms with Crippen LogP contribution in [0.2, 0.25) is 0 Å². The molecule has 1 atom stereocenters. The molecule has 1 aromatic rings. The maximum absolute atomic E-state index is 12.7. The number of methoxy groups -OCH3 is 1. The molecule has 20 heavy (non-hydrogen) atoms. The minimum absolute atomic E-state index is 0.129. The summed E-state index contributed by atoms with van der Waals surface area (Å²) in [6.45, 7) is 2.54. The van der Waals surface area contributed by atoms with E-state index in [1.54, 1.807) is 13.2 Å². The van der Waals surface area contributed by atoms with Gasteiger partial charge in [0.15, 0.2) is 0 Å². The number of hydrogen-bond donors (Lipinski definition) is 1. The third kappa shape index (κ3) is 3.33. The van der Waals surface area contributed by atoms with Crippen molar-refractivity contribution in [2.75, 3.05) is 13.7 Å². The van der Waals surface area contributed by atoms with E-state index >= 15 is 0 Å². The SMILES string of the molecule is COC1(CNC(C)c2cccc(C(F)(F)F)c2)CCC1. The topological polar surface area (TPSA) is 21.3 Å². The normalized spacial score (nSPS) is 19.4. The molecular formula is C15H20F3NO. The predicted octanol–water partition coefficient (Wildman–Crippen LogP) is 3.93. The van der Waals surface area contributed by atoms with Crippen molar-refractivity contribution in [2.24, 2.45) is 0 Å². The molecule has 5 heteroatoms. The fourth-order valence-electron chi connectivity index (χ4n) is 2.47. The largest absolute Gasteiger partial charge is 0.416 e. The summed E-state index contributed by atoms with van der Waals surface area (Å²) in [5.41, 5.74) is -0.0882. The molecule has 1 fully saturated rings. The van der Waals surface area contributed by atoms with E-state index in [0.29, 0.717) is 12.1 Å². The molecule has 0 aromatic heterocycles. The van der Waals surface area contributed by atoms with Crippen molar-refractivity contribution in [3.8, 4) is 0 Å². The molecule has 0 saturated heterocycles. The molecule has 0 radical (unpaired) electrons. The fourth-order valence-corrected chi connectivity index (χ4v) is 2.47. The average Bonchev–Trinajstić information content (AvgIpc) is 2.37. The van der Waals surface area contributed by atoms with Crippen molar-refractivity contribution in [2.45, 2.75) is 44.0 Å². The van der Waals surface area contributed by atoms with Crippen molar-refractivity contribution in [3.05, 3.63) is 35.4 Å². The Hall–Kier alpha value is -1.07. The Labute approximate surface area is 117 Å². The maximum Gasteiger partial charge on any atom is 0.416 e. The van der Waals surface area contributed by atoms with Gasteiger partial charge in [0, 0.05) is 19.7 Å². The van der Waals surface area contributed by atoms with E-state index < -0.39 is 11.7 Å². The molecule has 0 spiro atoms. The maximum atomic E-state index is 12.7. The molecule has 1 N–H and O–H groups in total. The van der Waals surface area contributed by atoms with Crippen molar-refractivity contribution in [1.29, 1.82) is 0 Å². The fraction of sp³-hybridized carbons (Fsp3) is 0.600. The van der Waals surface area contributed by atoms with Crippen LogP contribution in [0.3, 0.4) is 0 Å². The van der Waals surface area contributed by atoms with E-state index in [1.165, 1.54) is 12.1 Å². The molecule has 1 aliphatic rings. The van der Waals surface area contributed by atoms with Crippen LogP contribution in [0.5, 0.6) is 0 Å². The standard InChI is InChI=1S/C15H20F3NO/c1-11(19-10-14(20-2)7-4-8-14)12-5-3-6-13(9-12)15(16,17)18/h3,5-6,9,11,19H,4,7-8,10H2,1-2H3. The van der Waals surface area contributed by atoms with Crippen molar-refractivity contribution in [1.82, 2.24) is 5.32 Å². The van der Waals surface area contributed by atoms with E-state index in [4.69, 9.17) is 4.74 Å². The van der Waals surface area contributed by atoms with Crippen LogP contribution in [-0.2, 0) is 10.9 Å². The van der Waals surface area contributed by atoms with Crippen LogP contribution >= 0.6 is 0 Å². The van der Waals surface area contributed by atoms with Crippen LogP contribution in [0.4, 0.5) is 13.2 Å². The highest BCUT2D eigenvalue weighted by molar-refractivity contribution is 5.27. The highest BCUT2D eigenvalue weighted by Crippen LogP contribution is 2.35. The number of halogens is 3. The van der Waals surface area contributed by atoms with Crippen LogP contribution in [0, 0.1) is 0 Å². The van der Waals surface area contributed by atoms with Gasteiger partial charge < -0.3 is 10.1 Å². The van der Waals surface area contributed by atoms with Gasteiger partial charge in [-0.2, -0.15) is 13.2 Å². The second kappa shape index (κ2) is 5.74. The molecule has 0 aliphatic heterocycles. The van der Waals surface area contributed by atoms with E-state index in [2.05, 4.69) is 5.32 Å². The summed E-state index contributed by atoms with van der Waals surface area (Å²) in [7, 11) is 1.69. The number of alkyl halides is 3. The van der Waals surface area contributed by atoms with Crippen LogP contribution in [0.25, 0.3) is 0 Å². The number of hydrogen-bond acceptors (Lipinski definition) is 2. The first kappa shape index (κ1) is 15.3. The van der Waals surface area contributed by atoms with E-state index in [1.807, 2.05) is 6.92 Å². The van der Waals surface area contributed by atoms with E-state index in [0.717, 1.165) is 25.3 Å². The summed E-state index contributed by atoms with van der Waals surface area (Å²) in [4.78, 5) is 0. The van der Waals surface area contributed by atoms with Gasteiger partial charge >= 0.3 is 6.18 Å². The Morgan fingerprint density at radius 2 is 2.05 bits per heavy atom. The Kier molecular flexibility index (Phi) is 4.39. The molecule has 112 valence electrons. The van der Waals surface area contributed by atoms with Gasteiger partial charge in [-0.05, 0) is 43.9 Å². The second-order valence-corrected chi connectivity index (χ2v) is 5.47. The second-order valence-electron chi connectivity index (χ2n) is 5.47. The highest BCUT2D eigenvalue weighted by atomic mass is 19.4. The molecule has 0 heterocycles.